The van der Waals surface area contributed by atoms with Gasteiger partial charge in [-0.3, -0.25) is 0 Å². The van der Waals surface area contributed by atoms with Crippen LogP contribution in [0, 0.1) is 11.3 Å². The SMILES string of the molecule is N#Cc1ccc(-c2ccc3c(c2)C2(c4ccccc4Oc4ccccc42)c2cc(-c4ccc(-c5nc(-c6ccccc6)nc(-c6cccc(Nc7cccc(-c8ccc9c(c8)C(c8ccccc8)(c8ccccc8)c8cc(-c%10ccc(-c%11nc(-c%12ccccc%12)nc(-c%12ccccc%12)n%11)cc%10)ccc8-9)c7)c6)n5)cc4)ccc2-3)cc1. The van der Waals surface area contributed by atoms with E-state index in [-0.39, 0.29) is 0 Å². The van der Waals surface area contributed by atoms with Crippen LogP contribution in [0.5, 0.6) is 11.5 Å². The molecular formula is C105H66N8O. The molecule has 2 aliphatic carbocycles. The zero-order valence-electron chi connectivity index (χ0n) is 61.6. The zero-order valence-corrected chi connectivity index (χ0v) is 61.6. The van der Waals surface area contributed by atoms with Gasteiger partial charge in [-0.15, -0.1) is 0 Å². The van der Waals surface area contributed by atoms with Crippen LogP contribution < -0.4 is 10.1 Å². The number of nitrogens with one attached hydrogen (secondary N) is 1. The molecule has 0 saturated heterocycles. The molecular weight excluding hydrogens is 1390 g/mol. The van der Waals surface area contributed by atoms with Gasteiger partial charge in [-0.2, -0.15) is 5.26 Å². The molecule has 9 heteroatoms. The van der Waals surface area contributed by atoms with Crippen LogP contribution in [0.25, 0.3) is 135 Å². The lowest BCUT2D eigenvalue weighted by atomic mass is 9.65. The van der Waals surface area contributed by atoms with Gasteiger partial charge < -0.3 is 10.1 Å². The molecule has 21 rings (SSSR count). The quantitative estimate of drug-likeness (QED) is 0.113. The first-order valence-electron chi connectivity index (χ1n) is 38.3. The average molecular weight is 1460 g/mol. The molecule has 16 aromatic carbocycles. The molecule has 0 bridgehead atoms. The summed E-state index contributed by atoms with van der Waals surface area (Å²) < 4.78 is 6.75. The molecule has 2 aromatic heterocycles. The highest BCUT2D eigenvalue weighted by atomic mass is 16.5. The van der Waals surface area contributed by atoms with Crippen LogP contribution in [0.4, 0.5) is 11.4 Å². The molecule has 1 aliphatic heterocycles. The van der Waals surface area contributed by atoms with Crippen LogP contribution in [0.3, 0.4) is 0 Å². The first-order valence-corrected chi connectivity index (χ1v) is 38.3. The Labute approximate surface area is 660 Å². The number of nitrogens with zero attached hydrogens (tertiary/aromatic N) is 7. The summed E-state index contributed by atoms with van der Waals surface area (Å²) in [6.45, 7) is 0. The van der Waals surface area contributed by atoms with Crippen molar-refractivity contribution in [1.29, 1.82) is 5.26 Å². The molecule has 0 saturated carbocycles. The van der Waals surface area contributed by atoms with Crippen molar-refractivity contribution >= 4 is 11.4 Å². The second kappa shape index (κ2) is 27.6. The van der Waals surface area contributed by atoms with E-state index in [2.05, 4.69) is 278 Å². The molecule has 18 aromatic rings. The van der Waals surface area contributed by atoms with Crippen molar-refractivity contribution in [1.82, 2.24) is 29.9 Å². The van der Waals surface area contributed by atoms with Crippen molar-refractivity contribution < 1.29 is 4.74 Å². The molecule has 3 heterocycles. The van der Waals surface area contributed by atoms with Gasteiger partial charge in [0.2, 0.25) is 0 Å². The number of benzene rings is 16. The summed E-state index contributed by atoms with van der Waals surface area (Å²) in [5, 5.41) is 13.5. The summed E-state index contributed by atoms with van der Waals surface area (Å²) in [5.41, 5.74) is 29.2. The number of aromatic nitrogens is 6. The Balaban J connectivity index is 0.595. The predicted octanol–water partition coefficient (Wildman–Crippen LogP) is 25.2. The van der Waals surface area contributed by atoms with Crippen LogP contribution >= 0.6 is 0 Å². The number of nitriles is 1. The fourth-order valence-corrected chi connectivity index (χ4v) is 17.4. The Morgan fingerprint density at radius 2 is 0.491 bits per heavy atom. The van der Waals surface area contributed by atoms with Crippen molar-refractivity contribution in [2.75, 3.05) is 5.32 Å². The van der Waals surface area contributed by atoms with Crippen molar-refractivity contribution in [3.8, 4) is 153 Å². The fraction of sp³-hybridized carbons (Fsp3) is 0.0190. The van der Waals surface area contributed by atoms with Crippen LogP contribution in [0.2, 0.25) is 0 Å². The average Bonchev–Trinajstić information content (AvgIpc) is 1.49. The third-order valence-corrected chi connectivity index (χ3v) is 22.8. The van der Waals surface area contributed by atoms with Crippen LogP contribution in [0.1, 0.15) is 50.1 Å². The Bertz CT molecular complexity index is 6690. The number of hydrogen-bond acceptors (Lipinski definition) is 9. The van der Waals surface area contributed by atoms with Crippen LogP contribution in [-0.2, 0) is 10.8 Å². The lowest BCUT2D eigenvalue weighted by Crippen LogP contribution is -2.32. The second-order valence-electron chi connectivity index (χ2n) is 29.2. The zero-order chi connectivity index (χ0) is 75.7. The van der Waals surface area contributed by atoms with Gasteiger partial charge >= 0.3 is 0 Å². The summed E-state index contributed by atoms with van der Waals surface area (Å²) in [6.07, 6.45) is 0. The number of rotatable bonds is 14. The molecule has 0 unspecified atom stereocenters. The van der Waals surface area contributed by atoms with E-state index >= 15 is 0 Å². The van der Waals surface area contributed by atoms with Gasteiger partial charge in [-0.1, -0.05) is 322 Å². The first kappa shape index (κ1) is 66.8. The fourth-order valence-electron chi connectivity index (χ4n) is 17.4. The maximum atomic E-state index is 9.68. The van der Waals surface area contributed by atoms with Gasteiger partial charge in [-0.25, -0.2) is 29.9 Å². The molecule has 532 valence electrons. The minimum atomic E-state index is -0.701. The summed E-state index contributed by atoms with van der Waals surface area (Å²) in [5.74, 6) is 5.22. The van der Waals surface area contributed by atoms with Crippen LogP contribution in [-0.4, -0.2) is 29.9 Å². The number of anilines is 2. The largest absolute Gasteiger partial charge is 0.457 e. The molecule has 0 atom stereocenters. The van der Waals surface area contributed by atoms with E-state index in [1.165, 1.54) is 55.6 Å². The van der Waals surface area contributed by atoms with E-state index in [0.717, 1.165) is 112 Å². The summed E-state index contributed by atoms with van der Waals surface area (Å²) in [4.78, 5) is 30.7. The highest BCUT2D eigenvalue weighted by Crippen LogP contribution is 2.63. The smallest absolute Gasteiger partial charge is 0.164 e. The predicted molar refractivity (Wildman–Crippen MR) is 457 cm³/mol. The second-order valence-corrected chi connectivity index (χ2v) is 29.2. The van der Waals surface area contributed by atoms with E-state index in [1.807, 2.05) is 127 Å². The van der Waals surface area contributed by atoms with E-state index < -0.39 is 10.8 Å². The Morgan fingerprint density at radius 3 is 0.877 bits per heavy atom. The van der Waals surface area contributed by atoms with Gasteiger partial charge in [0.1, 0.15) is 11.5 Å². The maximum absolute atomic E-state index is 9.68. The number of fused-ring (bicyclic) bond motifs is 12. The van der Waals surface area contributed by atoms with Gasteiger partial charge in [0.25, 0.3) is 0 Å². The molecule has 3 aliphatic rings. The third kappa shape index (κ3) is 11.4. The number of hydrogen-bond donors (Lipinski definition) is 1. The van der Waals surface area contributed by atoms with Crippen LogP contribution in [0.15, 0.2) is 394 Å². The van der Waals surface area contributed by atoms with Crippen molar-refractivity contribution in [2.24, 2.45) is 0 Å². The van der Waals surface area contributed by atoms with Gasteiger partial charge in [0.15, 0.2) is 34.9 Å². The standard InChI is InChI=1S/C105H66N8O/c106-66-67-40-42-68(43-41-67)78-53-57-88-89-58-54-79(64-95(89)105(94(88)63-78)90-36-16-18-38-96(90)114-97-39-19-17-37-91(97)105)70-46-50-75(51-47-70)102-111-100(73-26-10-3-11-27-73)112-103(113-102)81-29-21-35-85(61-81)107-84-34-20-28-76(60-84)80-55-59-87-86-56-52-77(62-92(86)104(93(87)65-80,82-30-12-4-13-31-82)83-32-14-5-15-33-83)69-44-48-74(49-45-69)101-109-98(71-22-6-1-7-23-71)108-99(110-101)72-24-8-2-9-25-72/h1-65,107H. The summed E-state index contributed by atoms with van der Waals surface area (Å²) in [6, 6.07) is 141. The summed E-state index contributed by atoms with van der Waals surface area (Å²) in [7, 11) is 0. The molecule has 1 N–H and O–H groups in total. The molecule has 9 nitrogen and oxygen atoms in total. The maximum Gasteiger partial charge on any atom is 0.164 e. The monoisotopic (exact) mass is 1450 g/mol. The minimum Gasteiger partial charge on any atom is -0.457 e. The van der Waals surface area contributed by atoms with Crippen molar-refractivity contribution in [3.05, 3.63) is 444 Å². The molecule has 0 amide bonds. The van der Waals surface area contributed by atoms with Gasteiger partial charge in [0, 0.05) is 55.9 Å². The summed E-state index contributed by atoms with van der Waals surface area (Å²) >= 11 is 0. The molecule has 114 heavy (non-hydrogen) atoms. The number of para-hydroxylation sites is 2. The third-order valence-electron chi connectivity index (χ3n) is 22.8. The highest BCUT2D eigenvalue weighted by molar-refractivity contribution is 5.94. The van der Waals surface area contributed by atoms with Gasteiger partial charge in [0.05, 0.1) is 22.5 Å². The first-order chi connectivity index (χ1) is 56.4. The topological polar surface area (TPSA) is 122 Å². The van der Waals surface area contributed by atoms with E-state index in [9.17, 15) is 5.26 Å². The number of ether oxygens (including phenoxy) is 1. The van der Waals surface area contributed by atoms with Crippen molar-refractivity contribution in [2.45, 2.75) is 10.8 Å². The lowest BCUT2D eigenvalue weighted by molar-refractivity contribution is 0.436. The normalized spacial score (nSPS) is 12.8. The van der Waals surface area contributed by atoms with E-state index in [0.29, 0.717) is 40.5 Å². The molecule has 1 spiro atoms. The highest BCUT2D eigenvalue weighted by Gasteiger charge is 2.52. The van der Waals surface area contributed by atoms with E-state index in [1.54, 1.807) is 0 Å². The lowest BCUT2D eigenvalue weighted by Gasteiger charge is -2.39. The molecule has 0 fully saturated rings. The van der Waals surface area contributed by atoms with Crippen molar-refractivity contribution in [3.63, 3.8) is 0 Å². The van der Waals surface area contributed by atoms with Gasteiger partial charge in [-0.05, 0) is 173 Å². The minimum absolute atomic E-state index is 0.555. The Hall–Kier alpha value is -15.4. The molecule has 0 radical (unpaired) electrons. The van der Waals surface area contributed by atoms with E-state index in [4.69, 9.17) is 34.6 Å². The Morgan fingerprint density at radius 1 is 0.219 bits per heavy atom. The Kier molecular flexibility index (Phi) is 16.2.